The molecule has 1 spiro atoms. The maximum atomic E-state index is 14.7. The van der Waals surface area contributed by atoms with E-state index in [-0.39, 0.29) is 30.0 Å². The Morgan fingerprint density at radius 2 is 1.82 bits per heavy atom. The smallest absolute Gasteiger partial charge is 0.231 e. The largest absolute Gasteiger partial charge is 0.370 e. The number of benzene rings is 1. The number of aromatic nitrogens is 1. The highest BCUT2D eigenvalue weighted by atomic mass is 35.5. The summed E-state index contributed by atoms with van der Waals surface area (Å²) in [5.41, 5.74) is 0.939. The second kappa shape index (κ2) is 12.8. The zero-order valence-corrected chi connectivity index (χ0v) is 27.2. The topological polar surface area (TPSA) is 91.8 Å². The van der Waals surface area contributed by atoms with Crippen molar-refractivity contribution in [3.05, 3.63) is 63.9 Å². The molecule has 0 aliphatic carbocycles. The van der Waals surface area contributed by atoms with Crippen LogP contribution in [0.4, 0.5) is 0 Å². The lowest BCUT2D eigenvalue weighted by Gasteiger charge is -2.50. The maximum Gasteiger partial charge on any atom is 0.231 e. The molecule has 5 heterocycles. The monoisotopic (exact) mass is 640 g/mol. The first-order valence-electron chi connectivity index (χ1n) is 15.9. The minimum atomic E-state index is -0.809. The van der Waals surface area contributed by atoms with E-state index in [1.54, 1.807) is 35.5 Å². The van der Waals surface area contributed by atoms with Crippen LogP contribution in [0.2, 0.25) is 10.0 Å². The number of hydrogen-bond acceptors (Lipinski definition) is 7. The third-order valence-corrected chi connectivity index (χ3v) is 11.1. The molecule has 4 aliphatic rings. The van der Waals surface area contributed by atoms with Gasteiger partial charge in [0, 0.05) is 47.9 Å². The predicted octanol–water partition coefficient (Wildman–Crippen LogP) is 5.09. The molecule has 4 aliphatic heterocycles. The van der Waals surface area contributed by atoms with Crippen molar-refractivity contribution in [1.82, 2.24) is 20.1 Å². The molecule has 8 nitrogen and oxygen atoms in total. The number of ketones is 2. The van der Waals surface area contributed by atoms with Crippen LogP contribution in [0.15, 0.2) is 42.7 Å². The molecule has 1 amide bonds. The van der Waals surface area contributed by atoms with Gasteiger partial charge in [-0.2, -0.15) is 0 Å². The number of pyridine rings is 1. The van der Waals surface area contributed by atoms with Crippen LogP contribution in [0.3, 0.4) is 0 Å². The van der Waals surface area contributed by atoms with Gasteiger partial charge in [-0.1, -0.05) is 30.1 Å². The Morgan fingerprint density at radius 3 is 2.55 bits per heavy atom. The van der Waals surface area contributed by atoms with Crippen molar-refractivity contribution in [3.8, 4) is 0 Å². The maximum absolute atomic E-state index is 14.7. The van der Waals surface area contributed by atoms with Gasteiger partial charge in [0.05, 0.1) is 42.3 Å². The van der Waals surface area contributed by atoms with E-state index < -0.39 is 29.6 Å². The van der Waals surface area contributed by atoms with Crippen molar-refractivity contribution in [2.45, 2.75) is 95.8 Å². The molecule has 0 saturated carbocycles. The van der Waals surface area contributed by atoms with Gasteiger partial charge in [-0.05, 0) is 93.5 Å². The van der Waals surface area contributed by atoms with E-state index in [2.05, 4.69) is 29.0 Å². The van der Waals surface area contributed by atoms with Crippen molar-refractivity contribution in [3.63, 3.8) is 0 Å². The zero-order valence-electron chi connectivity index (χ0n) is 25.7. The highest BCUT2D eigenvalue weighted by molar-refractivity contribution is 6.34. The molecular formula is C34H42Cl2N4O4. The third-order valence-electron chi connectivity index (χ3n) is 10.6. The first-order valence-corrected chi connectivity index (χ1v) is 16.7. The minimum Gasteiger partial charge on any atom is -0.370 e. The Kier molecular flexibility index (Phi) is 9.20. The number of hydrogen-bond donors (Lipinski definition) is 1. The van der Waals surface area contributed by atoms with Gasteiger partial charge < -0.3 is 9.64 Å². The fourth-order valence-electron chi connectivity index (χ4n) is 8.19. The lowest BCUT2D eigenvalue weighted by Crippen LogP contribution is -2.67. The number of rotatable bonds is 10. The predicted molar refractivity (Wildman–Crippen MR) is 169 cm³/mol. The lowest BCUT2D eigenvalue weighted by molar-refractivity contribution is -0.166. The molecule has 1 aromatic heterocycles. The van der Waals surface area contributed by atoms with E-state index in [0.717, 1.165) is 30.5 Å². The van der Waals surface area contributed by atoms with E-state index in [0.29, 0.717) is 54.4 Å². The van der Waals surface area contributed by atoms with Gasteiger partial charge in [-0.25, -0.2) is 0 Å². The van der Waals surface area contributed by atoms with Gasteiger partial charge >= 0.3 is 0 Å². The SMILES string of the molecule is CC1CCCN(CC(=O)C2CC34CCC(O3)C(C(=O)Cc3cc(Cl)cc(Cl)c3)C4C(=O)N2C(C)NCc2ccncc2)C1C. The fourth-order valence-corrected chi connectivity index (χ4v) is 8.77. The standard InChI is InChI=1S/C34H42Cl2N4O4/c1-20-5-4-12-39(21(20)2)19-29(42)27-17-34-9-6-30(44-34)31(28(41)15-24-13-25(35)16-26(36)14-24)32(34)33(43)40(27)22(3)38-18-23-7-10-37-11-8-23/h7-8,10-11,13-14,16,20-22,27,30-32,38H,4-6,9,12,15,17-19H2,1-3H3. The van der Waals surface area contributed by atoms with Crippen LogP contribution >= 0.6 is 23.2 Å². The number of Topliss-reactive ketones (excluding diaryl/α,β-unsaturated/α-hetero) is 2. The lowest BCUT2D eigenvalue weighted by atomic mass is 9.64. The Labute approximate surface area is 269 Å². The summed E-state index contributed by atoms with van der Waals surface area (Å²) in [5.74, 6) is -0.880. The molecule has 0 radical (unpaired) electrons. The quantitative estimate of drug-likeness (QED) is 0.387. The summed E-state index contributed by atoms with van der Waals surface area (Å²) in [4.78, 5) is 50.9. The first-order chi connectivity index (χ1) is 21.1. The number of nitrogens with zero attached hydrogens (tertiary/aromatic N) is 3. The zero-order chi connectivity index (χ0) is 31.2. The average molecular weight is 642 g/mol. The van der Waals surface area contributed by atoms with Crippen LogP contribution in [0.25, 0.3) is 0 Å². The number of amides is 1. The molecule has 1 N–H and O–H groups in total. The Hall–Kier alpha value is -2.36. The van der Waals surface area contributed by atoms with E-state index in [9.17, 15) is 14.4 Å². The van der Waals surface area contributed by atoms with Gasteiger partial charge in [-0.3, -0.25) is 29.6 Å². The Bertz CT molecular complexity index is 1390. The van der Waals surface area contributed by atoms with Gasteiger partial charge in [0.1, 0.15) is 5.78 Å². The fraction of sp³-hybridized carbons (Fsp3) is 0.588. The average Bonchev–Trinajstić information content (AvgIpc) is 3.54. The molecule has 2 bridgehead atoms. The number of fused-ring (bicyclic) bond motifs is 1. The van der Waals surface area contributed by atoms with Crippen LogP contribution in [-0.2, 0) is 32.1 Å². The van der Waals surface area contributed by atoms with E-state index in [1.165, 1.54) is 0 Å². The van der Waals surface area contributed by atoms with Gasteiger partial charge in [0.25, 0.3) is 0 Å². The van der Waals surface area contributed by atoms with Crippen LogP contribution in [0.1, 0.15) is 64.0 Å². The number of likely N-dealkylation sites (tertiary alicyclic amines) is 2. The summed E-state index contributed by atoms with van der Waals surface area (Å²) >= 11 is 12.4. The molecule has 8 atom stereocenters. The van der Waals surface area contributed by atoms with Crippen LogP contribution in [-0.4, -0.2) is 75.3 Å². The van der Waals surface area contributed by atoms with Crippen molar-refractivity contribution in [2.75, 3.05) is 13.1 Å². The second-order valence-corrected chi connectivity index (χ2v) is 14.2. The normalized spacial score (nSPS) is 32.5. The van der Waals surface area contributed by atoms with Gasteiger partial charge in [0.2, 0.25) is 5.91 Å². The number of ether oxygens (including phenoxy) is 1. The molecule has 44 heavy (non-hydrogen) atoms. The summed E-state index contributed by atoms with van der Waals surface area (Å²) in [5, 5.41) is 4.41. The molecule has 10 heteroatoms. The number of nitrogens with one attached hydrogen (secondary N) is 1. The number of carbonyl (C=O) groups excluding carboxylic acids is 3. The number of halogens is 2. The van der Waals surface area contributed by atoms with E-state index in [1.807, 2.05) is 19.1 Å². The van der Waals surface area contributed by atoms with E-state index >= 15 is 0 Å². The second-order valence-electron chi connectivity index (χ2n) is 13.4. The number of carbonyl (C=O) groups is 3. The summed E-state index contributed by atoms with van der Waals surface area (Å²) < 4.78 is 6.61. The van der Waals surface area contributed by atoms with Crippen LogP contribution in [0.5, 0.6) is 0 Å². The van der Waals surface area contributed by atoms with Gasteiger partial charge in [0.15, 0.2) is 5.78 Å². The molecule has 6 rings (SSSR count). The molecule has 2 aromatic rings. The first kappa shape index (κ1) is 31.6. The highest BCUT2D eigenvalue weighted by Gasteiger charge is 2.68. The van der Waals surface area contributed by atoms with Crippen molar-refractivity contribution in [1.29, 1.82) is 0 Å². The van der Waals surface area contributed by atoms with Crippen LogP contribution < -0.4 is 5.32 Å². The minimum absolute atomic E-state index is 0.0417. The summed E-state index contributed by atoms with van der Waals surface area (Å²) in [6.07, 6.45) is 6.83. The molecular weight excluding hydrogens is 599 g/mol. The van der Waals surface area contributed by atoms with Crippen LogP contribution in [0, 0.1) is 17.8 Å². The summed E-state index contributed by atoms with van der Waals surface area (Å²) in [6.45, 7) is 8.07. The van der Waals surface area contributed by atoms with Crippen molar-refractivity contribution in [2.24, 2.45) is 17.8 Å². The molecule has 8 unspecified atom stereocenters. The van der Waals surface area contributed by atoms with Crippen molar-refractivity contribution < 1.29 is 19.1 Å². The third kappa shape index (κ3) is 6.08. The van der Waals surface area contributed by atoms with Crippen molar-refractivity contribution >= 4 is 40.7 Å². The summed E-state index contributed by atoms with van der Waals surface area (Å²) in [6, 6.07) is 8.64. The van der Waals surface area contributed by atoms with E-state index in [4.69, 9.17) is 27.9 Å². The summed E-state index contributed by atoms with van der Waals surface area (Å²) in [7, 11) is 0. The Morgan fingerprint density at radius 1 is 1.09 bits per heavy atom. The number of piperidine rings is 2. The highest BCUT2D eigenvalue weighted by Crippen LogP contribution is 2.57. The molecule has 1 aromatic carbocycles. The Balaban J connectivity index is 1.28. The molecule has 236 valence electrons. The van der Waals surface area contributed by atoms with Gasteiger partial charge in [-0.15, -0.1) is 0 Å². The molecule has 4 fully saturated rings. The molecule has 4 saturated heterocycles.